The molecule has 1 amide bonds. The molecule has 0 saturated heterocycles. The van der Waals surface area contributed by atoms with Gasteiger partial charge in [0, 0.05) is 12.5 Å². The molecular formula is C19H28NNaO5. The van der Waals surface area contributed by atoms with Crippen LogP contribution in [0.2, 0.25) is 0 Å². The molecule has 2 rings (SSSR count). The average molecular weight is 373 g/mol. The van der Waals surface area contributed by atoms with Gasteiger partial charge in [-0.05, 0) is 55.7 Å². The van der Waals surface area contributed by atoms with Gasteiger partial charge in [0.05, 0.1) is 7.11 Å². The van der Waals surface area contributed by atoms with Crippen molar-refractivity contribution in [3.8, 4) is 11.5 Å². The van der Waals surface area contributed by atoms with E-state index in [0.29, 0.717) is 30.4 Å². The van der Waals surface area contributed by atoms with Crippen molar-refractivity contribution in [2.45, 2.75) is 51.5 Å². The van der Waals surface area contributed by atoms with Crippen LogP contribution in [0, 0.1) is 5.92 Å². The molecule has 140 valence electrons. The van der Waals surface area contributed by atoms with Crippen molar-refractivity contribution in [1.29, 1.82) is 0 Å². The molecule has 0 aliphatic heterocycles. The summed E-state index contributed by atoms with van der Waals surface area (Å²) in [6, 6.07) is 5.60. The van der Waals surface area contributed by atoms with Crippen molar-refractivity contribution in [1.82, 2.24) is 5.32 Å². The van der Waals surface area contributed by atoms with E-state index in [0.717, 1.165) is 24.3 Å². The molecule has 26 heavy (non-hydrogen) atoms. The van der Waals surface area contributed by atoms with E-state index in [1.165, 1.54) is 20.0 Å². The van der Waals surface area contributed by atoms with E-state index in [-0.39, 0.29) is 35.5 Å². The van der Waals surface area contributed by atoms with Crippen LogP contribution in [-0.4, -0.2) is 66.3 Å². The Hall–Kier alpha value is -1.24. The fraction of sp³-hybridized carbons (Fsp3) is 0.579. The molecule has 0 atom stereocenters. The molecule has 1 saturated carbocycles. The number of ether oxygens (including phenoxy) is 2. The second-order valence-corrected chi connectivity index (χ2v) is 6.69. The summed E-state index contributed by atoms with van der Waals surface area (Å²) in [6.07, 6.45) is 5.52. The van der Waals surface area contributed by atoms with Gasteiger partial charge in [-0.15, -0.1) is 0 Å². The summed E-state index contributed by atoms with van der Waals surface area (Å²) >= 11 is 0. The van der Waals surface area contributed by atoms with Gasteiger partial charge in [-0.25, -0.2) is 4.79 Å². The predicted molar refractivity (Wildman–Crippen MR) is 101 cm³/mol. The van der Waals surface area contributed by atoms with Gasteiger partial charge in [0.1, 0.15) is 0 Å². The summed E-state index contributed by atoms with van der Waals surface area (Å²) < 4.78 is 10.4. The fourth-order valence-corrected chi connectivity index (χ4v) is 3.09. The van der Waals surface area contributed by atoms with Crippen LogP contribution in [-0.2, 0) is 16.0 Å². The number of hydrogen-bond donors (Lipinski definition) is 2. The molecule has 1 aliphatic rings. The Labute approximate surface area is 176 Å². The Morgan fingerprint density at radius 3 is 2.50 bits per heavy atom. The number of aryl methyl sites for hydroxylation is 1. The third-order valence-corrected chi connectivity index (χ3v) is 4.60. The summed E-state index contributed by atoms with van der Waals surface area (Å²) in [5.41, 5.74) is 0.951. The Bertz CT molecular complexity index is 600. The predicted octanol–water partition coefficient (Wildman–Crippen LogP) is 2.14. The van der Waals surface area contributed by atoms with Crippen LogP contribution in [0.4, 0.5) is 0 Å². The average Bonchev–Trinajstić information content (AvgIpc) is 2.60. The van der Waals surface area contributed by atoms with Crippen molar-refractivity contribution in [2.75, 3.05) is 13.7 Å². The quantitative estimate of drug-likeness (QED) is 0.682. The molecule has 7 heteroatoms. The van der Waals surface area contributed by atoms with E-state index < -0.39 is 12.6 Å². The first-order chi connectivity index (χ1) is 12.0. The maximum absolute atomic E-state index is 12.1. The zero-order valence-electron chi connectivity index (χ0n) is 14.9. The SMILES string of the molecule is COc1cc(CCC(=O)N[C@H]2CC[C@H](C)CC2)ccc1OCC(=O)O.[NaH]. The van der Waals surface area contributed by atoms with Crippen LogP contribution in [0.15, 0.2) is 18.2 Å². The number of carboxylic acid groups (broad SMARTS) is 1. The fourth-order valence-electron chi connectivity index (χ4n) is 3.09. The zero-order chi connectivity index (χ0) is 18.2. The number of hydrogen-bond acceptors (Lipinski definition) is 4. The van der Waals surface area contributed by atoms with Gasteiger partial charge >= 0.3 is 35.5 Å². The second-order valence-electron chi connectivity index (χ2n) is 6.69. The van der Waals surface area contributed by atoms with Crippen LogP contribution in [0.25, 0.3) is 0 Å². The molecule has 1 aromatic rings. The van der Waals surface area contributed by atoms with Crippen molar-refractivity contribution in [3.63, 3.8) is 0 Å². The number of carbonyl (C=O) groups excluding carboxylic acids is 1. The van der Waals surface area contributed by atoms with Gasteiger partial charge in [-0.2, -0.15) is 0 Å². The van der Waals surface area contributed by atoms with E-state index in [4.69, 9.17) is 14.6 Å². The van der Waals surface area contributed by atoms with Crippen molar-refractivity contribution >= 4 is 41.4 Å². The monoisotopic (exact) mass is 373 g/mol. The number of carbonyl (C=O) groups is 2. The van der Waals surface area contributed by atoms with Gasteiger partial charge in [0.25, 0.3) is 0 Å². The number of aliphatic carboxylic acids is 1. The van der Waals surface area contributed by atoms with Gasteiger partial charge in [0.15, 0.2) is 18.1 Å². The number of amides is 1. The minimum absolute atomic E-state index is 0. The summed E-state index contributed by atoms with van der Waals surface area (Å²) in [5, 5.41) is 11.8. The molecule has 0 radical (unpaired) electrons. The molecule has 0 heterocycles. The Kier molecular flexibility index (Phi) is 10.1. The first kappa shape index (κ1) is 22.8. The number of carboxylic acids is 1. The van der Waals surface area contributed by atoms with E-state index in [1.807, 2.05) is 6.07 Å². The topological polar surface area (TPSA) is 84.9 Å². The third-order valence-electron chi connectivity index (χ3n) is 4.60. The van der Waals surface area contributed by atoms with Gasteiger partial charge in [0.2, 0.25) is 5.91 Å². The molecule has 1 aliphatic carbocycles. The van der Waals surface area contributed by atoms with Gasteiger partial charge in [-0.1, -0.05) is 13.0 Å². The standard InChI is InChI=1S/C19H27NO5.Na.H/c1-13-3-7-15(8-4-13)20-18(21)10-6-14-5-9-16(17(11-14)24-2)25-12-19(22)23;;/h5,9,11,13,15H,3-4,6-8,10,12H2,1-2H3,(H,20,21)(H,22,23);;/t13-,15-;;. The Morgan fingerprint density at radius 1 is 1.19 bits per heavy atom. The zero-order valence-corrected chi connectivity index (χ0v) is 14.9. The molecule has 2 N–H and O–H groups in total. The number of benzene rings is 1. The summed E-state index contributed by atoms with van der Waals surface area (Å²) in [7, 11) is 1.50. The Balaban J connectivity index is 0.00000338. The second kappa shape index (κ2) is 11.5. The first-order valence-electron chi connectivity index (χ1n) is 8.78. The number of nitrogens with one attached hydrogen (secondary N) is 1. The van der Waals surface area contributed by atoms with E-state index in [2.05, 4.69) is 12.2 Å². The third kappa shape index (κ3) is 7.56. The van der Waals surface area contributed by atoms with Crippen molar-refractivity contribution in [3.05, 3.63) is 23.8 Å². The van der Waals surface area contributed by atoms with Gasteiger partial charge in [-0.3, -0.25) is 4.79 Å². The molecule has 0 spiro atoms. The molecular weight excluding hydrogens is 345 g/mol. The van der Waals surface area contributed by atoms with Crippen LogP contribution in [0.1, 0.15) is 44.6 Å². The number of rotatable bonds is 8. The van der Waals surface area contributed by atoms with Crippen molar-refractivity contribution < 1.29 is 24.2 Å². The molecule has 0 bridgehead atoms. The molecule has 0 unspecified atom stereocenters. The molecule has 1 aromatic carbocycles. The van der Waals surface area contributed by atoms with Gasteiger partial charge < -0.3 is 19.9 Å². The van der Waals surface area contributed by atoms with E-state index in [1.54, 1.807) is 12.1 Å². The minimum atomic E-state index is -1.04. The van der Waals surface area contributed by atoms with E-state index >= 15 is 0 Å². The Morgan fingerprint density at radius 2 is 1.88 bits per heavy atom. The maximum atomic E-state index is 12.1. The molecule has 6 nitrogen and oxygen atoms in total. The molecule has 1 fully saturated rings. The van der Waals surface area contributed by atoms with Crippen LogP contribution < -0.4 is 14.8 Å². The summed E-state index contributed by atoms with van der Waals surface area (Å²) in [4.78, 5) is 22.7. The normalized spacial score (nSPS) is 19.2. The number of methoxy groups -OCH3 is 1. The summed E-state index contributed by atoms with van der Waals surface area (Å²) in [6.45, 7) is 1.84. The first-order valence-corrected chi connectivity index (χ1v) is 8.78. The van der Waals surface area contributed by atoms with Crippen LogP contribution >= 0.6 is 0 Å². The molecule has 0 aromatic heterocycles. The summed E-state index contributed by atoms with van der Waals surface area (Å²) in [5.74, 6) is 0.655. The van der Waals surface area contributed by atoms with Crippen LogP contribution in [0.3, 0.4) is 0 Å². The van der Waals surface area contributed by atoms with Crippen molar-refractivity contribution in [2.24, 2.45) is 5.92 Å². The van der Waals surface area contributed by atoms with Crippen LogP contribution in [0.5, 0.6) is 11.5 Å². The van der Waals surface area contributed by atoms with E-state index in [9.17, 15) is 9.59 Å².